The quantitative estimate of drug-likeness (QED) is 0.896. The number of imidazole rings is 1. The number of benzene rings is 1. The van der Waals surface area contributed by atoms with Crippen molar-refractivity contribution in [2.45, 2.75) is 25.3 Å². The average molecular weight is 344 g/mol. The Morgan fingerprint density at radius 1 is 1.42 bits per heavy atom. The maximum atomic E-state index is 12.3. The monoisotopic (exact) mass is 343 g/mol. The molecule has 0 aliphatic carbocycles. The molecule has 0 fully saturated rings. The van der Waals surface area contributed by atoms with Gasteiger partial charge in [0, 0.05) is 0 Å². The summed E-state index contributed by atoms with van der Waals surface area (Å²) in [5, 5.41) is 0.0257. The van der Waals surface area contributed by atoms with Gasteiger partial charge in [-0.25, -0.2) is 4.98 Å². The molecule has 0 bridgehead atoms. The highest BCUT2D eigenvalue weighted by Gasteiger charge is 2.21. The molecule has 102 valence electrons. The van der Waals surface area contributed by atoms with E-state index >= 15 is 0 Å². The van der Waals surface area contributed by atoms with Crippen LogP contribution in [0.25, 0.3) is 0 Å². The third-order valence-corrected chi connectivity index (χ3v) is 4.99. The molecule has 1 aromatic carbocycles. The number of nitrogens with zero attached hydrogens (tertiary/aromatic N) is 1. The van der Waals surface area contributed by atoms with Crippen molar-refractivity contribution in [3.63, 3.8) is 0 Å². The largest absolute Gasteiger partial charge is 0.333 e. The van der Waals surface area contributed by atoms with E-state index in [1.165, 1.54) is 6.33 Å². The van der Waals surface area contributed by atoms with E-state index in [0.29, 0.717) is 5.69 Å². The number of hydrogen-bond acceptors (Lipinski definition) is 3. The zero-order chi connectivity index (χ0) is 14.0. The number of para-hydroxylation sites is 1. The number of H-pyrrole nitrogens is 1. The van der Waals surface area contributed by atoms with E-state index in [0.717, 1.165) is 17.5 Å². The van der Waals surface area contributed by atoms with Crippen LogP contribution >= 0.6 is 15.9 Å². The fourth-order valence-corrected chi connectivity index (χ4v) is 3.81. The van der Waals surface area contributed by atoms with Crippen molar-refractivity contribution in [1.82, 2.24) is 9.97 Å². The fourth-order valence-electron chi connectivity index (χ4n) is 1.81. The van der Waals surface area contributed by atoms with Gasteiger partial charge in [-0.2, -0.15) is 8.42 Å². The zero-order valence-electron chi connectivity index (χ0n) is 10.6. The van der Waals surface area contributed by atoms with Gasteiger partial charge in [-0.3, -0.25) is 4.72 Å². The number of aryl methyl sites for hydroxylation is 2. The number of halogens is 1. The van der Waals surface area contributed by atoms with Crippen molar-refractivity contribution in [3.05, 3.63) is 40.3 Å². The molecule has 0 radical (unpaired) electrons. The molecule has 5 nitrogen and oxygen atoms in total. The van der Waals surface area contributed by atoms with Gasteiger partial charge in [0.1, 0.15) is 4.60 Å². The summed E-state index contributed by atoms with van der Waals surface area (Å²) in [7, 11) is -3.67. The molecule has 0 saturated carbocycles. The summed E-state index contributed by atoms with van der Waals surface area (Å²) in [6.07, 6.45) is 2.08. The van der Waals surface area contributed by atoms with Crippen LogP contribution in [0.4, 0.5) is 5.69 Å². The number of hydrogen-bond donors (Lipinski definition) is 2. The summed E-state index contributed by atoms with van der Waals surface area (Å²) >= 11 is 3.11. The normalized spacial score (nSPS) is 11.5. The zero-order valence-corrected chi connectivity index (χ0v) is 13.0. The second-order valence-electron chi connectivity index (χ2n) is 4.09. The van der Waals surface area contributed by atoms with Crippen molar-refractivity contribution < 1.29 is 8.42 Å². The van der Waals surface area contributed by atoms with Gasteiger partial charge in [-0.05, 0) is 40.4 Å². The maximum absolute atomic E-state index is 12.3. The van der Waals surface area contributed by atoms with E-state index in [9.17, 15) is 8.42 Å². The Morgan fingerprint density at radius 3 is 2.74 bits per heavy atom. The van der Waals surface area contributed by atoms with Crippen LogP contribution in [0.2, 0.25) is 0 Å². The Morgan fingerprint density at radius 2 is 2.16 bits per heavy atom. The molecule has 19 heavy (non-hydrogen) atoms. The van der Waals surface area contributed by atoms with E-state index in [-0.39, 0.29) is 9.63 Å². The Kier molecular flexibility index (Phi) is 3.96. The Bertz CT molecular complexity index is 695. The van der Waals surface area contributed by atoms with Crippen LogP contribution in [0.1, 0.15) is 18.1 Å². The van der Waals surface area contributed by atoms with E-state index < -0.39 is 10.0 Å². The molecule has 0 amide bonds. The third-order valence-electron chi connectivity index (χ3n) is 2.81. The lowest BCUT2D eigenvalue weighted by Gasteiger charge is -2.13. The van der Waals surface area contributed by atoms with Crippen molar-refractivity contribution in [2.75, 3.05) is 4.72 Å². The van der Waals surface area contributed by atoms with Gasteiger partial charge < -0.3 is 4.98 Å². The van der Waals surface area contributed by atoms with E-state index in [4.69, 9.17) is 0 Å². The molecule has 2 aromatic rings. The van der Waals surface area contributed by atoms with Crippen LogP contribution in [0.15, 0.2) is 34.2 Å². The molecule has 1 heterocycles. The summed E-state index contributed by atoms with van der Waals surface area (Å²) in [4.78, 5) is 6.45. The number of sulfonamides is 1. The Labute approximate surface area is 120 Å². The lowest BCUT2D eigenvalue weighted by molar-refractivity contribution is 0.597. The molecule has 2 rings (SSSR count). The van der Waals surface area contributed by atoms with Crippen LogP contribution in [0, 0.1) is 6.92 Å². The summed E-state index contributed by atoms with van der Waals surface area (Å²) in [5.41, 5.74) is 2.48. The summed E-state index contributed by atoms with van der Waals surface area (Å²) in [6, 6.07) is 5.70. The number of aromatic amines is 1. The van der Waals surface area contributed by atoms with Gasteiger partial charge in [0.25, 0.3) is 10.0 Å². The van der Waals surface area contributed by atoms with Crippen LogP contribution in [0.5, 0.6) is 0 Å². The number of aromatic nitrogens is 2. The molecule has 7 heteroatoms. The van der Waals surface area contributed by atoms with E-state index in [2.05, 4.69) is 30.6 Å². The first-order chi connectivity index (χ1) is 8.95. The SMILES string of the molecule is CCc1cccc(C)c1NS(=O)(=O)c1[nH]cnc1Br. The summed E-state index contributed by atoms with van der Waals surface area (Å²) in [6.45, 7) is 3.86. The van der Waals surface area contributed by atoms with Gasteiger partial charge in [-0.15, -0.1) is 0 Å². The minimum Gasteiger partial charge on any atom is -0.333 e. The number of nitrogens with one attached hydrogen (secondary N) is 2. The van der Waals surface area contributed by atoms with E-state index in [1.807, 2.05) is 32.0 Å². The fraction of sp³-hybridized carbons (Fsp3) is 0.250. The molecule has 0 aliphatic rings. The van der Waals surface area contributed by atoms with Crippen LogP contribution in [-0.2, 0) is 16.4 Å². The standard InChI is InChI=1S/C12H14BrN3O2S/c1-3-9-6-4-5-8(2)10(9)16-19(17,18)12-11(13)14-7-15-12/h4-7,16H,3H2,1-2H3,(H,14,15). The Hall–Kier alpha value is -1.34. The van der Waals surface area contributed by atoms with Crippen molar-refractivity contribution >= 4 is 31.6 Å². The molecule has 0 spiro atoms. The van der Waals surface area contributed by atoms with Crippen molar-refractivity contribution in [3.8, 4) is 0 Å². The second-order valence-corrected chi connectivity index (χ2v) is 6.46. The minimum absolute atomic E-state index is 0.0257. The van der Waals surface area contributed by atoms with Gasteiger partial charge >= 0.3 is 0 Å². The molecule has 2 N–H and O–H groups in total. The molecule has 0 saturated heterocycles. The van der Waals surface area contributed by atoms with Crippen LogP contribution in [-0.4, -0.2) is 18.4 Å². The first-order valence-corrected chi connectivity index (χ1v) is 8.03. The highest BCUT2D eigenvalue weighted by atomic mass is 79.9. The molecular weight excluding hydrogens is 330 g/mol. The molecular formula is C12H14BrN3O2S. The number of rotatable bonds is 4. The predicted octanol–water partition coefficient (Wildman–Crippen LogP) is 2.84. The molecule has 0 unspecified atom stereocenters. The van der Waals surface area contributed by atoms with E-state index in [1.54, 1.807) is 0 Å². The maximum Gasteiger partial charge on any atom is 0.280 e. The minimum atomic E-state index is -3.67. The van der Waals surface area contributed by atoms with Gasteiger partial charge in [0.15, 0.2) is 5.03 Å². The lowest BCUT2D eigenvalue weighted by Crippen LogP contribution is -2.16. The molecule has 1 aromatic heterocycles. The molecule has 0 aliphatic heterocycles. The summed E-state index contributed by atoms with van der Waals surface area (Å²) < 4.78 is 27.5. The molecule has 0 atom stereocenters. The highest BCUT2D eigenvalue weighted by molar-refractivity contribution is 9.10. The second kappa shape index (κ2) is 5.34. The first-order valence-electron chi connectivity index (χ1n) is 5.76. The van der Waals surface area contributed by atoms with Crippen LogP contribution < -0.4 is 4.72 Å². The smallest absolute Gasteiger partial charge is 0.280 e. The average Bonchev–Trinajstić information content (AvgIpc) is 2.79. The van der Waals surface area contributed by atoms with Crippen LogP contribution in [0.3, 0.4) is 0 Å². The van der Waals surface area contributed by atoms with Gasteiger partial charge in [0.05, 0.1) is 12.0 Å². The highest BCUT2D eigenvalue weighted by Crippen LogP contribution is 2.26. The lowest BCUT2D eigenvalue weighted by atomic mass is 10.1. The number of anilines is 1. The van der Waals surface area contributed by atoms with Gasteiger partial charge in [-0.1, -0.05) is 25.1 Å². The third kappa shape index (κ3) is 2.82. The first kappa shape index (κ1) is 14.1. The topological polar surface area (TPSA) is 74.8 Å². The Balaban J connectivity index is 2.45. The summed E-state index contributed by atoms with van der Waals surface area (Å²) in [5.74, 6) is 0. The van der Waals surface area contributed by atoms with Crippen molar-refractivity contribution in [2.24, 2.45) is 0 Å². The van der Waals surface area contributed by atoms with Gasteiger partial charge in [0.2, 0.25) is 0 Å². The van der Waals surface area contributed by atoms with Crippen molar-refractivity contribution in [1.29, 1.82) is 0 Å². The predicted molar refractivity (Wildman–Crippen MR) is 77.7 cm³/mol.